The number of hydrogen-bond donors (Lipinski definition) is 0. The smallest absolute Gasteiger partial charge is 0.00131 e. The molecule has 0 aliphatic heterocycles. The second-order valence-corrected chi connectivity index (χ2v) is 3.85. The number of hydrogen-bond acceptors (Lipinski definition) is 0. The van der Waals surface area contributed by atoms with E-state index in [4.69, 9.17) is 0 Å². The molecule has 0 bridgehead atoms. The van der Waals surface area contributed by atoms with Gasteiger partial charge >= 0.3 is 0 Å². The molecule has 0 heterocycles. The summed E-state index contributed by atoms with van der Waals surface area (Å²) in [5.41, 5.74) is 2.75. The van der Waals surface area contributed by atoms with Gasteiger partial charge in [-0.15, -0.1) is 6.58 Å². The van der Waals surface area contributed by atoms with Crippen LogP contribution in [0.5, 0.6) is 0 Å². The Hall–Kier alpha value is -1.04. The topological polar surface area (TPSA) is 0 Å². The van der Waals surface area contributed by atoms with E-state index in [2.05, 4.69) is 51.6 Å². The molecule has 0 nitrogen and oxygen atoms in total. The summed E-state index contributed by atoms with van der Waals surface area (Å²) < 4.78 is 0. The third kappa shape index (κ3) is 2.45. The second-order valence-electron chi connectivity index (χ2n) is 3.85. The lowest BCUT2D eigenvalue weighted by Crippen LogP contribution is -1.91. The van der Waals surface area contributed by atoms with Crippen LogP contribution in [-0.4, -0.2) is 0 Å². The van der Waals surface area contributed by atoms with Gasteiger partial charge in [0, 0.05) is 0 Å². The highest BCUT2D eigenvalue weighted by Crippen LogP contribution is 2.20. The molecule has 0 aliphatic carbocycles. The maximum absolute atomic E-state index is 3.79. The summed E-state index contributed by atoms with van der Waals surface area (Å²) in [4.78, 5) is 0. The maximum Gasteiger partial charge on any atom is -0.00131 e. The first-order valence-corrected chi connectivity index (χ1v) is 4.87. The lowest BCUT2D eigenvalue weighted by Gasteiger charge is -2.09. The van der Waals surface area contributed by atoms with Crippen molar-refractivity contribution in [2.45, 2.75) is 32.6 Å². The van der Waals surface area contributed by atoms with Crippen molar-refractivity contribution >= 4 is 0 Å². The Bertz CT molecular complexity index is 267. The fourth-order valence-electron chi connectivity index (χ4n) is 1.32. The standard InChI is InChI=1S/C13H18/c1-5-11(4)13-8-6-12(7-9-13)10(2)3/h5-11H,1H2,2-4H3. The van der Waals surface area contributed by atoms with E-state index in [1.54, 1.807) is 0 Å². The average molecular weight is 174 g/mol. The minimum atomic E-state index is 0.459. The van der Waals surface area contributed by atoms with Crippen LogP contribution in [-0.2, 0) is 0 Å². The Morgan fingerprint density at radius 3 is 1.85 bits per heavy atom. The highest BCUT2D eigenvalue weighted by atomic mass is 14.1. The summed E-state index contributed by atoms with van der Waals surface area (Å²) >= 11 is 0. The van der Waals surface area contributed by atoms with Crippen LogP contribution in [0.25, 0.3) is 0 Å². The minimum Gasteiger partial charge on any atom is -0.102 e. The molecule has 0 spiro atoms. The van der Waals surface area contributed by atoms with Crippen molar-refractivity contribution in [3.63, 3.8) is 0 Å². The molecule has 1 unspecified atom stereocenters. The van der Waals surface area contributed by atoms with Gasteiger partial charge in [0.25, 0.3) is 0 Å². The van der Waals surface area contributed by atoms with E-state index in [9.17, 15) is 0 Å². The predicted molar refractivity (Wildman–Crippen MR) is 59.1 cm³/mol. The molecular formula is C13H18. The molecule has 0 saturated heterocycles. The molecule has 0 saturated carbocycles. The number of benzene rings is 1. The van der Waals surface area contributed by atoms with E-state index < -0.39 is 0 Å². The Balaban J connectivity index is 2.87. The highest BCUT2D eigenvalue weighted by Gasteiger charge is 2.01. The van der Waals surface area contributed by atoms with Gasteiger partial charge in [-0.2, -0.15) is 0 Å². The predicted octanol–water partition coefficient (Wildman–Crippen LogP) is 4.10. The van der Waals surface area contributed by atoms with Gasteiger partial charge in [-0.25, -0.2) is 0 Å². The van der Waals surface area contributed by atoms with Crippen LogP contribution in [0.15, 0.2) is 36.9 Å². The zero-order chi connectivity index (χ0) is 9.84. The van der Waals surface area contributed by atoms with Crippen molar-refractivity contribution in [3.8, 4) is 0 Å². The molecule has 0 aliphatic rings. The number of rotatable bonds is 3. The minimum absolute atomic E-state index is 0.459. The van der Waals surface area contributed by atoms with Gasteiger partial charge < -0.3 is 0 Å². The Morgan fingerprint density at radius 2 is 1.46 bits per heavy atom. The zero-order valence-corrected chi connectivity index (χ0v) is 8.75. The molecule has 0 N–H and O–H groups in total. The summed E-state index contributed by atoms with van der Waals surface area (Å²) in [5.74, 6) is 1.08. The van der Waals surface area contributed by atoms with Crippen molar-refractivity contribution in [1.29, 1.82) is 0 Å². The summed E-state index contributed by atoms with van der Waals surface area (Å²) in [7, 11) is 0. The quantitative estimate of drug-likeness (QED) is 0.605. The fourth-order valence-corrected chi connectivity index (χ4v) is 1.32. The number of allylic oxidation sites excluding steroid dienone is 1. The van der Waals surface area contributed by atoms with E-state index in [1.807, 2.05) is 6.08 Å². The molecule has 1 atom stereocenters. The molecule has 1 rings (SSSR count). The summed E-state index contributed by atoms with van der Waals surface area (Å²) in [5, 5.41) is 0. The SMILES string of the molecule is C=CC(C)c1ccc(C(C)C)cc1. The first-order chi connectivity index (χ1) is 6.15. The van der Waals surface area contributed by atoms with Crippen LogP contribution in [0, 0.1) is 0 Å². The van der Waals surface area contributed by atoms with Crippen LogP contribution in [0.2, 0.25) is 0 Å². The molecule has 1 aromatic rings. The van der Waals surface area contributed by atoms with E-state index in [-0.39, 0.29) is 0 Å². The van der Waals surface area contributed by atoms with Gasteiger partial charge in [0.05, 0.1) is 0 Å². The molecule has 13 heavy (non-hydrogen) atoms. The van der Waals surface area contributed by atoms with Crippen molar-refractivity contribution < 1.29 is 0 Å². The van der Waals surface area contributed by atoms with E-state index >= 15 is 0 Å². The summed E-state index contributed by atoms with van der Waals surface area (Å²) in [6.45, 7) is 10.4. The molecule has 1 aromatic carbocycles. The van der Waals surface area contributed by atoms with E-state index in [1.165, 1.54) is 11.1 Å². The van der Waals surface area contributed by atoms with Crippen molar-refractivity contribution in [2.24, 2.45) is 0 Å². The van der Waals surface area contributed by atoms with Gasteiger partial charge in [0.15, 0.2) is 0 Å². The van der Waals surface area contributed by atoms with Gasteiger partial charge in [0.2, 0.25) is 0 Å². The van der Waals surface area contributed by atoms with E-state index in [0.717, 1.165) is 0 Å². The molecule has 70 valence electrons. The molecule has 0 radical (unpaired) electrons. The largest absolute Gasteiger partial charge is 0.102 e. The third-order valence-electron chi connectivity index (χ3n) is 2.48. The maximum atomic E-state index is 3.79. The summed E-state index contributed by atoms with van der Waals surface area (Å²) in [6.07, 6.45) is 1.98. The highest BCUT2D eigenvalue weighted by molar-refractivity contribution is 5.28. The molecule has 0 amide bonds. The molecular weight excluding hydrogens is 156 g/mol. The molecule has 0 heteroatoms. The lowest BCUT2D eigenvalue weighted by atomic mass is 9.96. The zero-order valence-electron chi connectivity index (χ0n) is 8.75. The van der Waals surface area contributed by atoms with Crippen molar-refractivity contribution in [3.05, 3.63) is 48.0 Å². The van der Waals surface area contributed by atoms with Crippen molar-refractivity contribution in [2.75, 3.05) is 0 Å². The van der Waals surface area contributed by atoms with Gasteiger partial charge in [-0.1, -0.05) is 51.1 Å². The second kappa shape index (κ2) is 4.27. The van der Waals surface area contributed by atoms with Gasteiger partial charge in [0.1, 0.15) is 0 Å². The monoisotopic (exact) mass is 174 g/mol. The van der Waals surface area contributed by atoms with Gasteiger partial charge in [-0.05, 0) is 23.0 Å². The first kappa shape index (κ1) is 10.0. The molecule has 0 aromatic heterocycles. The first-order valence-electron chi connectivity index (χ1n) is 4.87. The fraction of sp³-hybridized carbons (Fsp3) is 0.385. The van der Waals surface area contributed by atoms with Crippen LogP contribution in [0.3, 0.4) is 0 Å². The van der Waals surface area contributed by atoms with E-state index in [0.29, 0.717) is 11.8 Å². The third-order valence-corrected chi connectivity index (χ3v) is 2.48. The van der Waals surface area contributed by atoms with Crippen LogP contribution in [0.1, 0.15) is 43.7 Å². The van der Waals surface area contributed by atoms with Crippen molar-refractivity contribution in [1.82, 2.24) is 0 Å². The Kier molecular flexibility index (Phi) is 3.30. The van der Waals surface area contributed by atoms with Crippen LogP contribution in [0.4, 0.5) is 0 Å². The van der Waals surface area contributed by atoms with Crippen LogP contribution >= 0.6 is 0 Å². The normalized spacial score (nSPS) is 12.9. The lowest BCUT2D eigenvalue weighted by molar-refractivity contribution is 0.862. The van der Waals surface area contributed by atoms with Gasteiger partial charge in [-0.3, -0.25) is 0 Å². The Labute approximate surface area is 81.3 Å². The Morgan fingerprint density at radius 1 is 1.00 bits per heavy atom. The molecule has 0 fully saturated rings. The average Bonchev–Trinajstić information content (AvgIpc) is 2.17. The van der Waals surface area contributed by atoms with Crippen LogP contribution < -0.4 is 0 Å². The summed E-state index contributed by atoms with van der Waals surface area (Å²) in [6, 6.07) is 8.81.